The quantitative estimate of drug-likeness (QED) is 0.289. The largest absolute Gasteiger partial charge is 0.494 e. The van der Waals surface area contributed by atoms with Crippen LogP contribution >= 0.6 is 0 Å². The number of rotatable bonds is 8. The normalized spacial score (nSPS) is 11.1. The van der Waals surface area contributed by atoms with Gasteiger partial charge < -0.3 is 15.4 Å². The first-order chi connectivity index (χ1) is 17.3. The Kier molecular flexibility index (Phi) is 7.53. The van der Waals surface area contributed by atoms with Gasteiger partial charge in [0.15, 0.2) is 0 Å². The summed E-state index contributed by atoms with van der Waals surface area (Å²) in [6, 6.07) is 22.6. The first-order valence-electron chi connectivity index (χ1n) is 11.2. The molecule has 2 N–H and O–H groups in total. The second-order valence-electron chi connectivity index (χ2n) is 7.99. The van der Waals surface area contributed by atoms with Crippen molar-refractivity contribution in [2.24, 2.45) is 0 Å². The SMILES string of the molecule is COc1cc(NCCc2ccccn2)ccc1NC(=O)c1ccccc1-c1ccc(C(F)(F)F)cc1. The third kappa shape index (κ3) is 6.02. The Morgan fingerprint density at radius 1 is 0.944 bits per heavy atom. The third-order valence-corrected chi connectivity index (χ3v) is 5.58. The summed E-state index contributed by atoms with van der Waals surface area (Å²) in [5.41, 5.74) is 2.89. The van der Waals surface area contributed by atoms with Crippen LogP contribution in [0.3, 0.4) is 0 Å². The van der Waals surface area contributed by atoms with E-state index < -0.39 is 17.6 Å². The summed E-state index contributed by atoms with van der Waals surface area (Å²) in [6.07, 6.45) is -1.92. The smallest absolute Gasteiger partial charge is 0.416 e. The summed E-state index contributed by atoms with van der Waals surface area (Å²) >= 11 is 0. The topological polar surface area (TPSA) is 63.2 Å². The van der Waals surface area contributed by atoms with Crippen LogP contribution in [-0.2, 0) is 12.6 Å². The highest BCUT2D eigenvalue weighted by Crippen LogP contribution is 2.33. The van der Waals surface area contributed by atoms with Crippen LogP contribution in [0.15, 0.2) is 91.1 Å². The molecule has 0 atom stereocenters. The summed E-state index contributed by atoms with van der Waals surface area (Å²) in [5, 5.41) is 6.16. The minimum Gasteiger partial charge on any atom is -0.494 e. The lowest BCUT2D eigenvalue weighted by Gasteiger charge is -2.15. The molecule has 0 saturated heterocycles. The summed E-state index contributed by atoms with van der Waals surface area (Å²) in [4.78, 5) is 17.4. The molecule has 36 heavy (non-hydrogen) atoms. The van der Waals surface area contributed by atoms with Crippen molar-refractivity contribution in [3.05, 3.63) is 108 Å². The molecule has 0 aliphatic carbocycles. The molecule has 184 valence electrons. The summed E-state index contributed by atoms with van der Waals surface area (Å²) < 4.78 is 44.3. The molecule has 0 aliphatic heterocycles. The van der Waals surface area contributed by atoms with Gasteiger partial charge in [0.2, 0.25) is 0 Å². The Hall–Kier alpha value is -4.33. The number of hydrogen-bond acceptors (Lipinski definition) is 4. The molecule has 1 heterocycles. The standard InChI is InChI=1S/C28H24F3N3O2/c1-36-26-18-22(33-17-15-21-6-4-5-16-32-21)13-14-25(26)34-27(35)24-8-3-2-7-23(24)19-9-11-20(12-10-19)28(29,30)31/h2-14,16,18,33H,15,17H2,1H3,(H,34,35). The lowest BCUT2D eigenvalue weighted by molar-refractivity contribution is -0.137. The van der Waals surface area contributed by atoms with Gasteiger partial charge in [0.25, 0.3) is 5.91 Å². The number of amides is 1. The maximum atomic E-state index is 13.1. The number of methoxy groups -OCH3 is 1. The fourth-order valence-corrected chi connectivity index (χ4v) is 3.75. The van der Waals surface area contributed by atoms with Crippen LogP contribution in [-0.4, -0.2) is 24.5 Å². The van der Waals surface area contributed by atoms with E-state index in [1.165, 1.54) is 19.2 Å². The van der Waals surface area contributed by atoms with Crippen molar-refractivity contribution >= 4 is 17.3 Å². The molecule has 0 saturated carbocycles. The highest BCUT2D eigenvalue weighted by molar-refractivity contribution is 6.09. The molecule has 4 aromatic rings. The van der Waals surface area contributed by atoms with E-state index in [0.29, 0.717) is 34.7 Å². The summed E-state index contributed by atoms with van der Waals surface area (Å²) in [7, 11) is 1.51. The summed E-state index contributed by atoms with van der Waals surface area (Å²) in [5.74, 6) is 0.0675. The maximum absolute atomic E-state index is 13.1. The second kappa shape index (κ2) is 10.9. The molecule has 0 bridgehead atoms. The molecular formula is C28H24F3N3O2. The number of benzene rings is 3. The highest BCUT2D eigenvalue weighted by atomic mass is 19.4. The van der Waals surface area contributed by atoms with Gasteiger partial charge in [0, 0.05) is 42.2 Å². The number of alkyl halides is 3. The molecule has 1 amide bonds. The van der Waals surface area contributed by atoms with E-state index in [2.05, 4.69) is 15.6 Å². The van der Waals surface area contributed by atoms with Crippen molar-refractivity contribution < 1.29 is 22.7 Å². The van der Waals surface area contributed by atoms with E-state index in [0.717, 1.165) is 29.9 Å². The lowest BCUT2D eigenvalue weighted by atomic mass is 9.98. The number of nitrogens with zero attached hydrogens (tertiary/aromatic N) is 1. The predicted molar refractivity (Wildman–Crippen MR) is 134 cm³/mol. The fourth-order valence-electron chi connectivity index (χ4n) is 3.75. The van der Waals surface area contributed by atoms with Crippen LogP contribution in [0.4, 0.5) is 24.5 Å². The Morgan fingerprint density at radius 2 is 1.69 bits per heavy atom. The lowest BCUT2D eigenvalue weighted by Crippen LogP contribution is -2.14. The van der Waals surface area contributed by atoms with Gasteiger partial charge in [0.05, 0.1) is 18.4 Å². The number of hydrogen-bond donors (Lipinski definition) is 2. The van der Waals surface area contributed by atoms with Gasteiger partial charge in [0.1, 0.15) is 5.75 Å². The van der Waals surface area contributed by atoms with Crippen LogP contribution in [0.25, 0.3) is 11.1 Å². The molecule has 0 unspecified atom stereocenters. The zero-order valence-electron chi connectivity index (χ0n) is 19.5. The summed E-state index contributed by atoms with van der Waals surface area (Å²) in [6.45, 7) is 0.673. The molecule has 0 radical (unpaired) electrons. The fraction of sp³-hybridized carbons (Fsp3) is 0.143. The molecule has 0 spiro atoms. The van der Waals surface area contributed by atoms with Gasteiger partial charge in [-0.05, 0) is 53.6 Å². The van der Waals surface area contributed by atoms with E-state index in [-0.39, 0.29) is 0 Å². The minimum atomic E-state index is -4.43. The number of aromatic nitrogens is 1. The van der Waals surface area contributed by atoms with Gasteiger partial charge >= 0.3 is 6.18 Å². The van der Waals surface area contributed by atoms with Crippen molar-refractivity contribution in [1.29, 1.82) is 0 Å². The molecule has 0 aliphatic rings. The number of halogens is 3. The highest BCUT2D eigenvalue weighted by Gasteiger charge is 2.30. The zero-order valence-corrected chi connectivity index (χ0v) is 19.5. The molecular weight excluding hydrogens is 467 g/mol. The average Bonchev–Trinajstić information content (AvgIpc) is 2.89. The predicted octanol–water partition coefficient (Wildman–Crippen LogP) is 6.68. The maximum Gasteiger partial charge on any atom is 0.416 e. The zero-order chi connectivity index (χ0) is 25.5. The van der Waals surface area contributed by atoms with Crippen LogP contribution in [0.1, 0.15) is 21.6 Å². The average molecular weight is 492 g/mol. The van der Waals surface area contributed by atoms with Crippen molar-refractivity contribution in [1.82, 2.24) is 4.98 Å². The molecule has 1 aromatic heterocycles. The van der Waals surface area contributed by atoms with Crippen LogP contribution < -0.4 is 15.4 Å². The third-order valence-electron chi connectivity index (χ3n) is 5.58. The first kappa shape index (κ1) is 24.8. The monoisotopic (exact) mass is 491 g/mol. The number of carbonyl (C=O) groups excluding carboxylic acids is 1. The Bertz CT molecular complexity index is 1320. The number of anilines is 2. The van der Waals surface area contributed by atoms with Gasteiger partial charge in [-0.3, -0.25) is 9.78 Å². The van der Waals surface area contributed by atoms with Crippen molar-refractivity contribution in [3.8, 4) is 16.9 Å². The minimum absolute atomic E-state index is 0.330. The van der Waals surface area contributed by atoms with E-state index >= 15 is 0 Å². The number of pyridine rings is 1. The van der Waals surface area contributed by atoms with E-state index in [1.54, 1.807) is 42.6 Å². The molecule has 8 heteroatoms. The molecule has 0 fully saturated rings. The van der Waals surface area contributed by atoms with Gasteiger partial charge in [-0.15, -0.1) is 0 Å². The van der Waals surface area contributed by atoms with E-state index in [4.69, 9.17) is 4.74 Å². The second-order valence-corrected chi connectivity index (χ2v) is 7.99. The van der Waals surface area contributed by atoms with Gasteiger partial charge in [-0.25, -0.2) is 0 Å². The molecule has 3 aromatic carbocycles. The van der Waals surface area contributed by atoms with Gasteiger partial charge in [-0.2, -0.15) is 13.2 Å². The first-order valence-corrected chi connectivity index (χ1v) is 11.2. The molecule has 5 nitrogen and oxygen atoms in total. The van der Waals surface area contributed by atoms with Crippen LogP contribution in [0.2, 0.25) is 0 Å². The molecule has 4 rings (SSSR count). The van der Waals surface area contributed by atoms with Crippen molar-refractivity contribution in [2.45, 2.75) is 12.6 Å². The van der Waals surface area contributed by atoms with Crippen LogP contribution in [0.5, 0.6) is 5.75 Å². The number of carbonyl (C=O) groups is 1. The number of nitrogens with one attached hydrogen (secondary N) is 2. The van der Waals surface area contributed by atoms with Crippen LogP contribution in [0, 0.1) is 0 Å². The number of ether oxygens (including phenoxy) is 1. The Balaban J connectivity index is 1.48. The van der Waals surface area contributed by atoms with E-state index in [1.807, 2.05) is 24.3 Å². The van der Waals surface area contributed by atoms with Gasteiger partial charge in [-0.1, -0.05) is 36.4 Å². The van der Waals surface area contributed by atoms with Crippen molar-refractivity contribution in [2.75, 3.05) is 24.3 Å². The Labute approximate surface area is 207 Å². The van der Waals surface area contributed by atoms with Crippen molar-refractivity contribution in [3.63, 3.8) is 0 Å². The van der Waals surface area contributed by atoms with E-state index in [9.17, 15) is 18.0 Å². The Morgan fingerprint density at radius 3 is 2.39 bits per heavy atom.